The highest BCUT2D eigenvalue weighted by Gasteiger charge is 2.01. The molecule has 0 saturated carbocycles. The summed E-state index contributed by atoms with van der Waals surface area (Å²) in [6, 6.07) is 5.59. The summed E-state index contributed by atoms with van der Waals surface area (Å²) in [4.78, 5) is 3.96. The predicted molar refractivity (Wildman–Crippen MR) is 57.8 cm³/mol. The van der Waals surface area contributed by atoms with Gasteiger partial charge in [0.1, 0.15) is 5.75 Å². The molecule has 14 heavy (non-hydrogen) atoms. The first-order chi connectivity index (χ1) is 6.67. The van der Waals surface area contributed by atoms with Crippen LogP contribution in [0.3, 0.4) is 0 Å². The fourth-order valence-corrected chi connectivity index (χ4v) is 1.26. The third-order valence-electron chi connectivity index (χ3n) is 1.90. The molecule has 0 fully saturated rings. The Hall–Kier alpha value is -1.71. The number of nitrogens with two attached hydrogens (primary N) is 2. The number of hydrogen-bond acceptors (Lipinski definition) is 2. The molecule has 4 N–H and O–H groups in total. The molecular weight excluding hydrogens is 178 g/mol. The molecule has 0 aliphatic carbocycles. The average Bonchev–Trinajstić information content (AvgIpc) is 2.16. The van der Waals surface area contributed by atoms with Gasteiger partial charge in [0.05, 0.1) is 12.8 Å². The molecule has 0 radical (unpaired) electrons. The Kier molecular flexibility index (Phi) is 3.34. The third kappa shape index (κ3) is 2.39. The van der Waals surface area contributed by atoms with Gasteiger partial charge in [0.15, 0.2) is 5.96 Å². The Morgan fingerprint density at radius 3 is 2.64 bits per heavy atom. The van der Waals surface area contributed by atoms with Crippen molar-refractivity contribution < 1.29 is 4.74 Å². The molecule has 0 amide bonds. The fourth-order valence-electron chi connectivity index (χ4n) is 1.26. The maximum atomic E-state index is 5.28. The zero-order valence-corrected chi connectivity index (χ0v) is 8.45. The van der Waals surface area contributed by atoms with E-state index in [0.717, 1.165) is 23.4 Å². The standard InChI is InChI=1S/C10H15N3O/c1-3-7-6-8(13-10(11)12)4-5-9(7)14-2/h4-6H,3H2,1-2H3,(H4,11,12,13). The summed E-state index contributed by atoms with van der Waals surface area (Å²) in [5.74, 6) is 0.930. The molecule has 1 rings (SSSR count). The Morgan fingerprint density at radius 2 is 2.14 bits per heavy atom. The van der Waals surface area contributed by atoms with Crippen molar-refractivity contribution in [3.05, 3.63) is 23.8 Å². The quantitative estimate of drug-likeness (QED) is 0.559. The van der Waals surface area contributed by atoms with Gasteiger partial charge in [-0.15, -0.1) is 0 Å². The van der Waals surface area contributed by atoms with Gasteiger partial charge in [-0.3, -0.25) is 0 Å². The molecule has 0 heterocycles. The van der Waals surface area contributed by atoms with E-state index in [2.05, 4.69) is 11.9 Å². The Balaban J connectivity index is 3.07. The van der Waals surface area contributed by atoms with Gasteiger partial charge < -0.3 is 16.2 Å². The van der Waals surface area contributed by atoms with Crippen LogP contribution in [0.5, 0.6) is 5.75 Å². The first-order valence-electron chi connectivity index (χ1n) is 4.44. The summed E-state index contributed by atoms with van der Waals surface area (Å²) in [6.45, 7) is 2.05. The van der Waals surface area contributed by atoms with Gasteiger partial charge in [-0.25, -0.2) is 4.99 Å². The van der Waals surface area contributed by atoms with Gasteiger partial charge in [0.25, 0.3) is 0 Å². The van der Waals surface area contributed by atoms with E-state index in [9.17, 15) is 0 Å². The Morgan fingerprint density at radius 1 is 1.43 bits per heavy atom. The lowest BCUT2D eigenvalue weighted by Gasteiger charge is -2.06. The highest BCUT2D eigenvalue weighted by Crippen LogP contribution is 2.24. The van der Waals surface area contributed by atoms with Crippen molar-refractivity contribution >= 4 is 11.6 Å². The molecule has 4 nitrogen and oxygen atoms in total. The van der Waals surface area contributed by atoms with Gasteiger partial charge in [-0.05, 0) is 30.2 Å². The molecule has 0 aliphatic rings. The second kappa shape index (κ2) is 4.50. The van der Waals surface area contributed by atoms with Crippen LogP contribution in [-0.4, -0.2) is 13.1 Å². The van der Waals surface area contributed by atoms with Crippen LogP contribution in [0.2, 0.25) is 0 Å². The maximum absolute atomic E-state index is 5.28. The zero-order valence-electron chi connectivity index (χ0n) is 8.45. The maximum Gasteiger partial charge on any atom is 0.191 e. The van der Waals surface area contributed by atoms with E-state index < -0.39 is 0 Å². The monoisotopic (exact) mass is 193 g/mol. The van der Waals surface area contributed by atoms with E-state index in [1.807, 2.05) is 18.2 Å². The van der Waals surface area contributed by atoms with E-state index in [4.69, 9.17) is 16.2 Å². The van der Waals surface area contributed by atoms with Crippen LogP contribution in [0.25, 0.3) is 0 Å². The second-order valence-electron chi connectivity index (χ2n) is 2.89. The normalized spacial score (nSPS) is 9.57. The highest BCUT2D eigenvalue weighted by molar-refractivity contribution is 5.79. The van der Waals surface area contributed by atoms with Gasteiger partial charge in [0.2, 0.25) is 0 Å². The molecule has 4 heteroatoms. The third-order valence-corrected chi connectivity index (χ3v) is 1.90. The lowest BCUT2D eigenvalue weighted by molar-refractivity contribution is 0.410. The summed E-state index contributed by atoms with van der Waals surface area (Å²) in [7, 11) is 1.65. The predicted octanol–water partition coefficient (Wildman–Crippen LogP) is 1.16. The first-order valence-corrected chi connectivity index (χ1v) is 4.44. The van der Waals surface area contributed by atoms with Gasteiger partial charge >= 0.3 is 0 Å². The van der Waals surface area contributed by atoms with Crippen molar-refractivity contribution in [1.82, 2.24) is 0 Å². The van der Waals surface area contributed by atoms with Crippen molar-refractivity contribution in [1.29, 1.82) is 0 Å². The minimum Gasteiger partial charge on any atom is -0.496 e. The van der Waals surface area contributed by atoms with Crippen molar-refractivity contribution in [2.75, 3.05) is 7.11 Å². The SMILES string of the molecule is CCc1cc(N=C(N)N)ccc1OC. The summed E-state index contributed by atoms with van der Waals surface area (Å²) >= 11 is 0. The number of nitrogens with zero attached hydrogens (tertiary/aromatic N) is 1. The Bertz CT molecular complexity index is 343. The van der Waals surface area contributed by atoms with E-state index in [1.165, 1.54) is 0 Å². The minimum absolute atomic E-state index is 0.0669. The van der Waals surface area contributed by atoms with Crippen LogP contribution < -0.4 is 16.2 Å². The molecule has 76 valence electrons. The molecule has 0 aliphatic heterocycles. The summed E-state index contributed by atoms with van der Waals surface area (Å²) in [6.07, 6.45) is 0.886. The fraction of sp³-hybridized carbons (Fsp3) is 0.300. The number of aryl methyl sites for hydroxylation is 1. The van der Waals surface area contributed by atoms with Crippen LogP contribution in [0.4, 0.5) is 5.69 Å². The molecule has 0 unspecified atom stereocenters. The number of methoxy groups -OCH3 is 1. The lowest BCUT2D eigenvalue weighted by Crippen LogP contribution is -2.21. The van der Waals surface area contributed by atoms with E-state index >= 15 is 0 Å². The van der Waals surface area contributed by atoms with Crippen molar-refractivity contribution in [3.63, 3.8) is 0 Å². The molecular formula is C10H15N3O. The van der Waals surface area contributed by atoms with Crippen molar-refractivity contribution in [2.24, 2.45) is 16.5 Å². The first kappa shape index (κ1) is 10.4. The molecule has 0 spiro atoms. The van der Waals surface area contributed by atoms with E-state index in [0.29, 0.717) is 0 Å². The number of aliphatic imine (C=N–C) groups is 1. The summed E-state index contributed by atoms with van der Waals surface area (Å²) < 4.78 is 5.19. The Labute approximate surface area is 83.6 Å². The molecule has 1 aromatic carbocycles. The lowest BCUT2D eigenvalue weighted by atomic mass is 10.1. The molecule has 0 aromatic heterocycles. The van der Waals surface area contributed by atoms with Crippen LogP contribution in [0.15, 0.2) is 23.2 Å². The summed E-state index contributed by atoms with van der Waals surface area (Å²) in [5, 5.41) is 0. The van der Waals surface area contributed by atoms with Crippen LogP contribution in [-0.2, 0) is 6.42 Å². The second-order valence-corrected chi connectivity index (χ2v) is 2.89. The van der Waals surface area contributed by atoms with Gasteiger partial charge in [0, 0.05) is 0 Å². The number of hydrogen-bond donors (Lipinski definition) is 2. The smallest absolute Gasteiger partial charge is 0.191 e. The average molecular weight is 193 g/mol. The van der Waals surface area contributed by atoms with Crippen LogP contribution in [0, 0.1) is 0 Å². The molecule has 0 atom stereocenters. The number of guanidine groups is 1. The highest BCUT2D eigenvalue weighted by atomic mass is 16.5. The minimum atomic E-state index is 0.0669. The van der Waals surface area contributed by atoms with E-state index in [1.54, 1.807) is 7.11 Å². The van der Waals surface area contributed by atoms with Gasteiger partial charge in [-0.2, -0.15) is 0 Å². The largest absolute Gasteiger partial charge is 0.496 e. The number of ether oxygens (including phenoxy) is 1. The van der Waals surface area contributed by atoms with Crippen molar-refractivity contribution in [2.45, 2.75) is 13.3 Å². The number of rotatable bonds is 3. The van der Waals surface area contributed by atoms with Crippen LogP contribution in [0.1, 0.15) is 12.5 Å². The topological polar surface area (TPSA) is 73.6 Å². The molecule has 0 bridgehead atoms. The number of benzene rings is 1. The van der Waals surface area contributed by atoms with Crippen LogP contribution >= 0.6 is 0 Å². The zero-order chi connectivity index (χ0) is 10.6. The molecule has 1 aromatic rings. The van der Waals surface area contributed by atoms with Crippen molar-refractivity contribution in [3.8, 4) is 5.75 Å². The summed E-state index contributed by atoms with van der Waals surface area (Å²) in [5.41, 5.74) is 12.4. The van der Waals surface area contributed by atoms with Gasteiger partial charge in [-0.1, -0.05) is 6.92 Å². The molecule has 0 saturated heterocycles. The van der Waals surface area contributed by atoms with E-state index in [-0.39, 0.29) is 5.96 Å².